The Balaban J connectivity index is 3.02. The Morgan fingerprint density at radius 2 is 1.94 bits per heavy atom. The molecule has 0 saturated heterocycles. The number of carbonyl (C=O) groups excluding carboxylic acids is 2. The lowest BCUT2D eigenvalue weighted by Gasteiger charge is -2.07. The monoisotopic (exact) mass is 229 g/mol. The molecule has 0 radical (unpaired) electrons. The van der Waals surface area contributed by atoms with Crippen molar-refractivity contribution in [2.45, 2.75) is 6.92 Å². The summed E-state index contributed by atoms with van der Waals surface area (Å²) in [5.41, 5.74) is -0.503. The average Bonchev–Trinajstić information content (AvgIpc) is 2.28. The number of rotatable bonds is 1. The van der Waals surface area contributed by atoms with Gasteiger partial charge >= 0.3 is 11.9 Å². The average molecular weight is 229 g/mol. The van der Waals surface area contributed by atoms with Crippen molar-refractivity contribution in [1.82, 2.24) is 0 Å². The quantitative estimate of drug-likeness (QED) is 0.584. The Hall–Kier alpha value is -1.98. The summed E-state index contributed by atoms with van der Waals surface area (Å²) >= 11 is 0. The molecule has 0 aliphatic rings. The highest BCUT2D eigenvalue weighted by Crippen LogP contribution is 2.21. The number of aryl methyl sites for hydroxylation is 1. The van der Waals surface area contributed by atoms with Crippen molar-refractivity contribution in [3.63, 3.8) is 0 Å². The molecule has 0 aromatic heterocycles. The van der Waals surface area contributed by atoms with Crippen LogP contribution in [0.1, 0.15) is 5.56 Å². The van der Waals surface area contributed by atoms with Gasteiger partial charge in [-0.25, -0.2) is 13.6 Å². The standard InChI is InChI=1S/C10H9F2NO3/c1-5-3-4-6(11)8(7(5)12)13-9(14)10(15)16-2/h3-4H,1-2H3,(H,13,14). The van der Waals surface area contributed by atoms with Gasteiger partial charge in [-0.05, 0) is 18.6 Å². The fraction of sp³-hybridized carbons (Fsp3) is 0.200. The first-order valence-electron chi connectivity index (χ1n) is 4.31. The highest BCUT2D eigenvalue weighted by molar-refractivity contribution is 6.37. The molecular weight excluding hydrogens is 220 g/mol. The Morgan fingerprint density at radius 3 is 2.50 bits per heavy atom. The van der Waals surface area contributed by atoms with Gasteiger partial charge in [0.05, 0.1) is 7.11 Å². The van der Waals surface area contributed by atoms with E-state index in [0.29, 0.717) is 0 Å². The summed E-state index contributed by atoms with van der Waals surface area (Å²) in [5, 5.41) is 1.81. The fourth-order valence-corrected chi connectivity index (χ4v) is 1.03. The zero-order chi connectivity index (χ0) is 12.3. The van der Waals surface area contributed by atoms with Crippen molar-refractivity contribution in [3.05, 3.63) is 29.3 Å². The second-order valence-corrected chi connectivity index (χ2v) is 3.00. The Labute approximate surface area is 90.2 Å². The smallest absolute Gasteiger partial charge is 0.396 e. The molecule has 4 nitrogen and oxygen atoms in total. The van der Waals surface area contributed by atoms with Crippen LogP contribution in [0.3, 0.4) is 0 Å². The number of carbonyl (C=O) groups is 2. The van der Waals surface area contributed by atoms with Gasteiger partial charge in [0.1, 0.15) is 11.5 Å². The van der Waals surface area contributed by atoms with Crippen molar-refractivity contribution in [2.75, 3.05) is 12.4 Å². The van der Waals surface area contributed by atoms with Crippen LogP contribution in [0, 0.1) is 18.6 Å². The molecule has 0 bridgehead atoms. The third-order valence-electron chi connectivity index (χ3n) is 1.89. The van der Waals surface area contributed by atoms with E-state index in [4.69, 9.17) is 0 Å². The van der Waals surface area contributed by atoms with Crippen LogP contribution in [0.4, 0.5) is 14.5 Å². The molecular formula is C10H9F2NO3. The molecule has 0 atom stereocenters. The maximum atomic E-state index is 13.4. The number of hydrogen-bond donors (Lipinski definition) is 1. The first-order valence-corrected chi connectivity index (χ1v) is 4.31. The minimum absolute atomic E-state index is 0.154. The van der Waals surface area contributed by atoms with Crippen LogP contribution in [0.5, 0.6) is 0 Å². The molecule has 0 aliphatic carbocycles. The van der Waals surface area contributed by atoms with E-state index in [1.54, 1.807) is 5.32 Å². The third-order valence-corrected chi connectivity index (χ3v) is 1.89. The highest BCUT2D eigenvalue weighted by atomic mass is 19.1. The van der Waals surface area contributed by atoms with Crippen LogP contribution < -0.4 is 5.32 Å². The van der Waals surface area contributed by atoms with Gasteiger partial charge in [-0.15, -0.1) is 0 Å². The maximum Gasteiger partial charge on any atom is 0.396 e. The molecule has 1 aromatic carbocycles. The number of methoxy groups -OCH3 is 1. The van der Waals surface area contributed by atoms with E-state index in [-0.39, 0.29) is 5.56 Å². The summed E-state index contributed by atoms with van der Waals surface area (Å²) in [6.45, 7) is 1.41. The van der Waals surface area contributed by atoms with Gasteiger partial charge < -0.3 is 10.1 Å². The first kappa shape index (κ1) is 12.1. The van der Waals surface area contributed by atoms with Crippen LogP contribution in [0.15, 0.2) is 12.1 Å². The van der Waals surface area contributed by atoms with Gasteiger partial charge in [-0.3, -0.25) is 4.79 Å². The summed E-state index contributed by atoms with van der Waals surface area (Å²) in [4.78, 5) is 21.8. The number of amides is 1. The number of esters is 1. The molecule has 0 aliphatic heterocycles. The van der Waals surface area contributed by atoms with Crippen molar-refractivity contribution < 1.29 is 23.1 Å². The zero-order valence-electron chi connectivity index (χ0n) is 8.64. The number of hydrogen-bond acceptors (Lipinski definition) is 3. The van der Waals surface area contributed by atoms with Gasteiger partial charge in [-0.1, -0.05) is 6.07 Å². The van der Waals surface area contributed by atoms with Gasteiger partial charge in [0, 0.05) is 0 Å². The predicted octanol–water partition coefficient (Wildman–Crippen LogP) is 1.38. The molecule has 1 amide bonds. The molecule has 86 valence electrons. The van der Waals surface area contributed by atoms with Crippen LogP contribution in [0.25, 0.3) is 0 Å². The molecule has 1 rings (SSSR count). The van der Waals surface area contributed by atoms with E-state index in [2.05, 4.69) is 4.74 Å². The van der Waals surface area contributed by atoms with E-state index in [0.717, 1.165) is 13.2 Å². The molecule has 0 fully saturated rings. The van der Waals surface area contributed by atoms with Gasteiger partial charge in [0.25, 0.3) is 0 Å². The minimum Gasteiger partial charge on any atom is -0.462 e. The second-order valence-electron chi connectivity index (χ2n) is 3.00. The Morgan fingerprint density at radius 1 is 1.31 bits per heavy atom. The first-order chi connectivity index (χ1) is 7.47. The van der Waals surface area contributed by atoms with E-state index in [1.807, 2.05) is 0 Å². The van der Waals surface area contributed by atoms with Crippen LogP contribution in [-0.2, 0) is 14.3 Å². The largest absolute Gasteiger partial charge is 0.462 e. The lowest BCUT2D eigenvalue weighted by molar-refractivity contribution is -0.150. The summed E-state index contributed by atoms with van der Waals surface area (Å²) < 4.78 is 30.6. The van der Waals surface area contributed by atoms with E-state index in [9.17, 15) is 18.4 Å². The van der Waals surface area contributed by atoms with Crippen molar-refractivity contribution in [1.29, 1.82) is 0 Å². The summed E-state index contributed by atoms with van der Waals surface area (Å²) in [7, 11) is 0.991. The fourth-order valence-electron chi connectivity index (χ4n) is 1.03. The van der Waals surface area contributed by atoms with Crippen molar-refractivity contribution in [3.8, 4) is 0 Å². The predicted molar refractivity (Wildman–Crippen MR) is 51.7 cm³/mol. The third kappa shape index (κ3) is 2.33. The van der Waals surface area contributed by atoms with Gasteiger partial charge in [0.15, 0.2) is 5.82 Å². The summed E-state index contributed by atoms with van der Waals surface area (Å²) in [6, 6.07) is 2.21. The molecule has 16 heavy (non-hydrogen) atoms. The topological polar surface area (TPSA) is 55.4 Å². The SMILES string of the molecule is COC(=O)C(=O)Nc1c(F)ccc(C)c1F. The molecule has 1 N–H and O–H groups in total. The number of halogens is 2. The van der Waals surface area contributed by atoms with Crippen LogP contribution in [0.2, 0.25) is 0 Å². The van der Waals surface area contributed by atoms with E-state index < -0.39 is 29.2 Å². The molecule has 0 spiro atoms. The molecule has 0 heterocycles. The number of ether oxygens (including phenoxy) is 1. The van der Waals surface area contributed by atoms with E-state index in [1.165, 1.54) is 13.0 Å². The lowest BCUT2D eigenvalue weighted by atomic mass is 10.2. The summed E-state index contributed by atoms with van der Waals surface area (Å²) in [6.07, 6.45) is 0. The summed E-state index contributed by atoms with van der Waals surface area (Å²) in [5.74, 6) is -4.33. The molecule has 6 heteroatoms. The number of nitrogens with one attached hydrogen (secondary N) is 1. The Kier molecular flexibility index (Phi) is 3.55. The molecule has 0 unspecified atom stereocenters. The van der Waals surface area contributed by atoms with Gasteiger partial charge in [-0.2, -0.15) is 0 Å². The second kappa shape index (κ2) is 4.69. The zero-order valence-corrected chi connectivity index (χ0v) is 8.64. The molecule has 1 aromatic rings. The minimum atomic E-state index is -1.23. The lowest BCUT2D eigenvalue weighted by Crippen LogP contribution is -2.25. The maximum absolute atomic E-state index is 13.4. The van der Waals surface area contributed by atoms with Crippen molar-refractivity contribution >= 4 is 17.6 Å². The Bertz CT molecular complexity index is 446. The molecule has 0 saturated carbocycles. The normalized spacial score (nSPS) is 9.75. The van der Waals surface area contributed by atoms with Crippen molar-refractivity contribution in [2.24, 2.45) is 0 Å². The number of benzene rings is 1. The highest BCUT2D eigenvalue weighted by Gasteiger charge is 2.19. The van der Waals surface area contributed by atoms with Gasteiger partial charge in [0.2, 0.25) is 0 Å². The van der Waals surface area contributed by atoms with Crippen LogP contribution in [-0.4, -0.2) is 19.0 Å². The van der Waals surface area contributed by atoms with E-state index >= 15 is 0 Å². The number of anilines is 1. The van der Waals surface area contributed by atoms with Crippen LogP contribution >= 0.6 is 0 Å².